The lowest BCUT2D eigenvalue weighted by Crippen LogP contribution is -2.15. The smallest absolute Gasteiger partial charge is 0.123 e. The summed E-state index contributed by atoms with van der Waals surface area (Å²) in [4.78, 5) is 0. The van der Waals surface area contributed by atoms with Crippen LogP contribution in [0, 0.1) is 17.1 Å². The molecule has 0 amide bonds. The van der Waals surface area contributed by atoms with Crippen molar-refractivity contribution < 1.29 is 9.50 Å². The van der Waals surface area contributed by atoms with Crippen molar-refractivity contribution in [1.82, 2.24) is 5.32 Å². The monoisotopic (exact) mass is 236 g/mol. The third-order valence-corrected chi connectivity index (χ3v) is 2.51. The highest BCUT2D eigenvalue weighted by molar-refractivity contribution is 5.37. The summed E-state index contributed by atoms with van der Waals surface area (Å²) in [5.41, 5.74) is 1.20. The maximum absolute atomic E-state index is 13.0. The van der Waals surface area contributed by atoms with Gasteiger partial charge in [-0.1, -0.05) is 0 Å². The Bertz CT molecular complexity index is 387. The Morgan fingerprint density at radius 2 is 2.12 bits per heavy atom. The summed E-state index contributed by atoms with van der Waals surface area (Å²) in [5, 5.41) is 20.6. The van der Waals surface area contributed by atoms with Crippen LogP contribution in [0.2, 0.25) is 0 Å². The van der Waals surface area contributed by atoms with Crippen LogP contribution >= 0.6 is 0 Å². The molecule has 92 valence electrons. The second kappa shape index (κ2) is 7.77. The number of nitriles is 1. The van der Waals surface area contributed by atoms with Gasteiger partial charge in [-0.05, 0) is 49.6 Å². The van der Waals surface area contributed by atoms with E-state index in [1.54, 1.807) is 0 Å². The van der Waals surface area contributed by atoms with E-state index in [2.05, 4.69) is 5.32 Å². The van der Waals surface area contributed by atoms with E-state index in [-0.39, 0.29) is 12.4 Å². The second-order valence-electron chi connectivity index (χ2n) is 3.87. The maximum Gasteiger partial charge on any atom is 0.123 e. The zero-order chi connectivity index (χ0) is 12.5. The van der Waals surface area contributed by atoms with Gasteiger partial charge in [0.05, 0.1) is 11.6 Å². The van der Waals surface area contributed by atoms with Gasteiger partial charge in [0.2, 0.25) is 0 Å². The predicted molar refractivity (Wildman–Crippen MR) is 63.8 cm³/mol. The molecule has 0 aliphatic heterocycles. The van der Waals surface area contributed by atoms with Crippen LogP contribution in [0.1, 0.15) is 30.4 Å². The average Bonchev–Trinajstić information content (AvgIpc) is 2.34. The van der Waals surface area contributed by atoms with Crippen molar-refractivity contribution in [3.8, 4) is 6.07 Å². The minimum absolute atomic E-state index is 0.225. The van der Waals surface area contributed by atoms with Crippen molar-refractivity contribution in [2.24, 2.45) is 0 Å². The Balaban J connectivity index is 2.36. The van der Waals surface area contributed by atoms with Gasteiger partial charge in [-0.25, -0.2) is 4.39 Å². The zero-order valence-electron chi connectivity index (χ0n) is 9.75. The number of aliphatic hydroxyl groups is 1. The van der Waals surface area contributed by atoms with Gasteiger partial charge in [-0.2, -0.15) is 5.26 Å². The number of benzene rings is 1. The van der Waals surface area contributed by atoms with Crippen molar-refractivity contribution >= 4 is 0 Å². The standard InChI is InChI=1S/C13H17FN2O/c14-13-5-4-11(9-15)12(8-13)10-16-6-2-1-3-7-17/h4-5,8,16-17H,1-3,6-7,10H2. The summed E-state index contributed by atoms with van der Waals surface area (Å²) in [5.74, 6) is -0.318. The molecule has 3 nitrogen and oxygen atoms in total. The van der Waals surface area contributed by atoms with Crippen LogP contribution in [0.4, 0.5) is 4.39 Å². The molecule has 0 unspecified atom stereocenters. The third-order valence-electron chi connectivity index (χ3n) is 2.51. The zero-order valence-corrected chi connectivity index (χ0v) is 9.75. The molecule has 0 saturated heterocycles. The number of hydrogen-bond donors (Lipinski definition) is 2. The van der Waals surface area contributed by atoms with Crippen LogP contribution in [-0.4, -0.2) is 18.3 Å². The number of nitrogens with zero attached hydrogens (tertiary/aromatic N) is 1. The van der Waals surface area contributed by atoms with E-state index in [0.29, 0.717) is 17.7 Å². The topological polar surface area (TPSA) is 56.0 Å². The largest absolute Gasteiger partial charge is 0.396 e. The van der Waals surface area contributed by atoms with Gasteiger partial charge in [0.25, 0.3) is 0 Å². The molecule has 1 rings (SSSR count). The van der Waals surface area contributed by atoms with Crippen LogP contribution < -0.4 is 5.32 Å². The summed E-state index contributed by atoms with van der Waals surface area (Å²) in [6.45, 7) is 1.53. The molecule has 0 atom stereocenters. The van der Waals surface area contributed by atoms with Gasteiger partial charge in [0, 0.05) is 13.2 Å². The second-order valence-corrected chi connectivity index (χ2v) is 3.87. The SMILES string of the molecule is N#Cc1ccc(F)cc1CNCCCCCO. The Kier molecular flexibility index (Phi) is 6.23. The lowest BCUT2D eigenvalue weighted by Gasteiger charge is -2.06. The highest BCUT2D eigenvalue weighted by Crippen LogP contribution is 2.10. The van der Waals surface area contributed by atoms with E-state index in [1.807, 2.05) is 6.07 Å². The molecule has 0 saturated carbocycles. The molecular formula is C13H17FN2O. The number of halogens is 1. The van der Waals surface area contributed by atoms with Gasteiger partial charge in [-0.3, -0.25) is 0 Å². The number of hydrogen-bond acceptors (Lipinski definition) is 3. The molecule has 17 heavy (non-hydrogen) atoms. The van der Waals surface area contributed by atoms with E-state index in [1.165, 1.54) is 18.2 Å². The molecule has 2 N–H and O–H groups in total. The van der Waals surface area contributed by atoms with Crippen LogP contribution in [-0.2, 0) is 6.54 Å². The molecule has 0 fully saturated rings. The lowest BCUT2D eigenvalue weighted by molar-refractivity contribution is 0.283. The van der Waals surface area contributed by atoms with Crippen molar-refractivity contribution in [3.05, 3.63) is 35.1 Å². The molecule has 4 heteroatoms. The first kappa shape index (κ1) is 13.6. The molecule has 0 aliphatic rings. The van der Waals surface area contributed by atoms with E-state index in [0.717, 1.165) is 25.8 Å². The van der Waals surface area contributed by atoms with Crippen LogP contribution in [0.25, 0.3) is 0 Å². The molecule has 0 aromatic heterocycles. The quantitative estimate of drug-likeness (QED) is 0.711. The summed E-state index contributed by atoms with van der Waals surface area (Å²) >= 11 is 0. The highest BCUT2D eigenvalue weighted by Gasteiger charge is 2.02. The summed E-state index contributed by atoms with van der Waals surface area (Å²) in [6.07, 6.45) is 2.75. The fraction of sp³-hybridized carbons (Fsp3) is 0.462. The average molecular weight is 236 g/mol. The number of rotatable bonds is 7. The van der Waals surface area contributed by atoms with E-state index >= 15 is 0 Å². The molecular weight excluding hydrogens is 219 g/mol. The predicted octanol–water partition coefficient (Wildman–Crippen LogP) is 1.95. The summed E-state index contributed by atoms with van der Waals surface area (Å²) < 4.78 is 13.0. The minimum Gasteiger partial charge on any atom is -0.396 e. The van der Waals surface area contributed by atoms with Gasteiger partial charge in [0.15, 0.2) is 0 Å². The van der Waals surface area contributed by atoms with E-state index in [4.69, 9.17) is 10.4 Å². The van der Waals surface area contributed by atoms with Crippen molar-refractivity contribution in [1.29, 1.82) is 5.26 Å². The van der Waals surface area contributed by atoms with Gasteiger partial charge in [0.1, 0.15) is 5.82 Å². The molecule has 0 spiro atoms. The normalized spacial score (nSPS) is 10.2. The summed E-state index contributed by atoms with van der Waals surface area (Å²) in [6, 6.07) is 6.23. The minimum atomic E-state index is -0.318. The van der Waals surface area contributed by atoms with Gasteiger partial charge < -0.3 is 10.4 Å². The summed E-state index contributed by atoms with van der Waals surface area (Å²) in [7, 11) is 0. The first-order valence-corrected chi connectivity index (χ1v) is 5.78. The van der Waals surface area contributed by atoms with Crippen molar-refractivity contribution in [2.75, 3.05) is 13.2 Å². The number of nitrogens with one attached hydrogen (secondary N) is 1. The number of unbranched alkanes of at least 4 members (excludes halogenated alkanes) is 2. The Labute approximate surface area is 101 Å². The Hall–Kier alpha value is -1.44. The first-order valence-electron chi connectivity index (χ1n) is 5.78. The van der Waals surface area contributed by atoms with Crippen LogP contribution in [0.15, 0.2) is 18.2 Å². The van der Waals surface area contributed by atoms with Crippen LogP contribution in [0.5, 0.6) is 0 Å². The maximum atomic E-state index is 13.0. The Morgan fingerprint density at radius 3 is 2.82 bits per heavy atom. The third kappa shape index (κ3) is 4.94. The van der Waals surface area contributed by atoms with E-state index in [9.17, 15) is 4.39 Å². The molecule has 0 aliphatic carbocycles. The highest BCUT2D eigenvalue weighted by atomic mass is 19.1. The van der Waals surface area contributed by atoms with Gasteiger partial charge >= 0.3 is 0 Å². The fourth-order valence-corrected chi connectivity index (χ4v) is 1.58. The van der Waals surface area contributed by atoms with E-state index < -0.39 is 0 Å². The molecule has 0 radical (unpaired) electrons. The van der Waals surface area contributed by atoms with Crippen LogP contribution in [0.3, 0.4) is 0 Å². The first-order chi connectivity index (χ1) is 8.27. The molecule has 0 heterocycles. The fourth-order valence-electron chi connectivity index (χ4n) is 1.58. The molecule has 1 aromatic carbocycles. The molecule has 1 aromatic rings. The van der Waals surface area contributed by atoms with Crippen molar-refractivity contribution in [3.63, 3.8) is 0 Å². The van der Waals surface area contributed by atoms with Gasteiger partial charge in [-0.15, -0.1) is 0 Å². The van der Waals surface area contributed by atoms with Crippen molar-refractivity contribution in [2.45, 2.75) is 25.8 Å². The molecule has 0 bridgehead atoms. The number of aliphatic hydroxyl groups excluding tert-OH is 1. The Morgan fingerprint density at radius 1 is 1.29 bits per heavy atom. The lowest BCUT2D eigenvalue weighted by atomic mass is 10.1.